The Labute approximate surface area is 98.5 Å². The number of carbonyl (C=O) groups excluding carboxylic acids is 1. The molecule has 0 aliphatic carbocycles. The van der Waals surface area contributed by atoms with Crippen molar-refractivity contribution >= 4 is 17.7 Å². The fourth-order valence-corrected chi connectivity index (χ4v) is 1.20. The van der Waals surface area contributed by atoms with Crippen LogP contribution < -0.4 is 5.73 Å². The molecule has 17 heavy (non-hydrogen) atoms. The number of amides is 1. The molecular weight excluding hydrogens is 226 g/mol. The van der Waals surface area contributed by atoms with Crippen LogP contribution in [0.1, 0.15) is 5.56 Å². The van der Waals surface area contributed by atoms with Crippen molar-refractivity contribution in [1.82, 2.24) is 4.90 Å². The number of benzene rings is 1. The maximum atomic E-state index is 12.0. The molecule has 0 aliphatic rings. The van der Waals surface area contributed by atoms with Crippen LogP contribution in [0, 0.1) is 0 Å². The molecule has 0 aromatic heterocycles. The van der Waals surface area contributed by atoms with Gasteiger partial charge in [-0.15, -0.1) is 0 Å². The Morgan fingerprint density at radius 2 is 2.00 bits per heavy atom. The zero-order valence-corrected chi connectivity index (χ0v) is 9.44. The topological polar surface area (TPSA) is 46.3 Å². The van der Waals surface area contributed by atoms with Gasteiger partial charge in [0.05, 0.1) is 6.54 Å². The number of alkyl halides is 2. The number of nitrogens with two attached hydrogens (primary N) is 1. The zero-order chi connectivity index (χ0) is 12.8. The van der Waals surface area contributed by atoms with Crippen molar-refractivity contribution in [3.8, 4) is 0 Å². The van der Waals surface area contributed by atoms with E-state index in [0.29, 0.717) is 5.69 Å². The molecule has 0 unspecified atom stereocenters. The summed E-state index contributed by atoms with van der Waals surface area (Å²) < 4.78 is 24.0. The SMILES string of the molecule is CN(CC(F)F)C(=O)/C=C/c1ccc(N)cc1. The van der Waals surface area contributed by atoms with Gasteiger partial charge in [-0.25, -0.2) is 8.78 Å². The summed E-state index contributed by atoms with van der Waals surface area (Å²) in [5.41, 5.74) is 6.92. The minimum Gasteiger partial charge on any atom is -0.399 e. The van der Waals surface area contributed by atoms with Crippen molar-refractivity contribution in [2.24, 2.45) is 0 Å². The summed E-state index contributed by atoms with van der Waals surface area (Å²) in [6, 6.07) is 6.89. The van der Waals surface area contributed by atoms with Crippen LogP contribution in [0.15, 0.2) is 30.3 Å². The van der Waals surface area contributed by atoms with Crippen LogP contribution in [0.5, 0.6) is 0 Å². The van der Waals surface area contributed by atoms with E-state index in [0.717, 1.165) is 10.5 Å². The Balaban J connectivity index is 2.58. The number of carbonyl (C=O) groups is 1. The highest BCUT2D eigenvalue weighted by Gasteiger charge is 2.10. The van der Waals surface area contributed by atoms with Crippen molar-refractivity contribution in [3.63, 3.8) is 0 Å². The summed E-state index contributed by atoms with van der Waals surface area (Å²) in [5.74, 6) is -0.456. The van der Waals surface area contributed by atoms with Crippen LogP contribution in [0.25, 0.3) is 6.08 Å². The van der Waals surface area contributed by atoms with Gasteiger partial charge < -0.3 is 10.6 Å². The first-order valence-corrected chi connectivity index (χ1v) is 5.06. The second kappa shape index (κ2) is 5.98. The Morgan fingerprint density at radius 3 is 2.53 bits per heavy atom. The molecule has 1 aromatic carbocycles. The van der Waals surface area contributed by atoms with Crippen molar-refractivity contribution in [2.45, 2.75) is 6.43 Å². The highest BCUT2D eigenvalue weighted by molar-refractivity contribution is 5.91. The Morgan fingerprint density at radius 1 is 1.41 bits per heavy atom. The molecule has 0 saturated heterocycles. The van der Waals surface area contributed by atoms with Crippen LogP contribution in [0.2, 0.25) is 0 Å². The van der Waals surface area contributed by atoms with E-state index < -0.39 is 18.9 Å². The van der Waals surface area contributed by atoms with Gasteiger partial charge >= 0.3 is 0 Å². The van der Waals surface area contributed by atoms with Crippen LogP contribution in [-0.2, 0) is 4.79 Å². The lowest BCUT2D eigenvalue weighted by Crippen LogP contribution is -2.29. The van der Waals surface area contributed by atoms with E-state index in [2.05, 4.69) is 0 Å². The van der Waals surface area contributed by atoms with E-state index in [1.54, 1.807) is 30.3 Å². The van der Waals surface area contributed by atoms with Gasteiger partial charge in [0, 0.05) is 18.8 Å². The minimum atomic E-state index is -2.52. The van der Waals surface area contributed by atoms with Gasteiger partial charge in [-0.2, -0.15) is 0 Å². The smallest absolute Gasteiger partial charge is 0.255 e. The van der Waals surface area contributed by atoms with Crippen LogP contribution >= 0.6 is 0 Å². The third kappa shape index (κ3) is 4.63. The van der Waals surface area contributed by atoms with Crippen molar-refractivity contribution < 1.29 is 13.6 Å². The third-order valence-corrected chi connectivity index (χ3v) is 2.14. The molecule has 1 aromatic rings. The summed E-state index contributed by atoms with van der Waals surface area (Å²) in [7, 11) is 1.34. The van der Waals surface area contributed by atoms with E-state index in [1.165, 1.54) is 13.1 Å². The molecule has 1 amide bonds. The quantitative estimate of drug-likeness (QED) is 0.646. The lowest BCUT2D eigenvalue weighted by molar-refractivity contribution is -0.126. The van der Waals surface area contributed by atoms with Crippen molar-refractivity contribution in [3.05, 3.63) is 35.9 Å². The number of rotatable bonds is 4. The summed E-state index contributed by atoms with van der Waals surface area (Å²) in [4.78, 5) is 12.4. The monoisotopic (exact) mass is 240 g/mol. The molecule has 0 fully saturated rings. The number of likely N-dealkylation sites (N-methyl/N-ethyl adjacent to an activating group) is 1. The minimum absolute atomic E-state index is 0.456. The van der Waals surface area contributed by atoms with Crippen molar-refractivity contribution in [2.75, 3.05) is 19.3 Å². The number of hydrogen-bond donors (Lipinski definition) is 1. The van der Waals surface area contributed by atoms with E-state index in [9.17, 15) is 13.6 Å². The van der Waals surface area contributed by atoms with Gasteiger partial charge in [0.2, 0.25) is 5.91 Å². The number of nitrogens with zero attached hydrogens (tertiary/aromatic N) is 1. The van der Waals surface area contributed by atoms with Gasteiger partial charge in [0.15, 0.2) is 0 Å². The highest BCUT2D eigenvalue weighted by Crippen LogP contribution is 2.07. The predicted octanol–water partition coefficient (Wildman–Crippen LogP) is 2.01. The van der Waals surface area contributed by atoms with Crippen molar-refractivity contribution in [1.29, 1.82) is 0 Å². The number of anilines is 1. The highest BCUT2D eigenvalue weighted by atomic mass is 19.3. The largest absolute Gasteiger partial charge is 0.399 e. The molecule has 0 bridgehead atoms. The first kappa shape index (κ1) is 13.2. The van der Waals surface area contributed by atoms with Gasteiger partial charge in [-0.3, -0.25) is 4.79 Å². The fraction of sp³-hybridized carbons (Fsp3) is 0.250. The molecule has 5 heteroatoms. The molecule has 0 atom stereocenters. The molecule has 92 valence electrons. The van der Waals surface area contributed by atoms with Crippen LogP contribution in [0.3, 0.4) is 0 Å². The van der Waals surface area contributed by atoms with Gasteiger partial charge in [-0.1, -0.05) is 12.1 Å². The number of hydrogen-bond acceptors (Lipinski definition) is 2. The van der Waals surface area contributed by atoms with Crippen LogP contribution in [-0.4, -0.2) is 30.8 Å². The summed E-state index contributed by atoms with van der Waals surface area (Å²) in [6.45, 7) is -0.565. The van der Waals surface area contributed by atoms with Gasteiger partial charge in [-0.05, 0) is 23.8 Å². The maximum Gasteiger partial charge on any atom is 0.255 e. The van der Waals surface area contributed by atoms with Crippen LogP contribution in [0.4, 0.5) is 14.5 Å². The predicted molar refractivity (Wildman–Crippen MR) is 63.5 cm³/mol. The Kier molecular flexibility index (Phi) is 4.63. The number of nitrogen functional groups attached to an aromatic ring is 1. The van der Waals surface area contributed by atoms with E-state index in [4.69, 9.17) is 5.73 Å². The molecule has 0 saturated carbocycles. The Bertz CT molecular complexity index is 401. The first-order valence-electron chi connectivity index (χ1n) is 5.06. The fourth-order valence-electron chi connectivity index (χ4n) is 1.20. The zero-order valence-electron chi connectivity index (χ0n) is 9.44. The average Bonchev–Trinajstić information content (AvgIpc) is 2.27. The second-order valence-corrected chi connectivity index (χ2v) is 3.61. The first-order chi connectivity index (χ1) is 7.99. The maximum absolute atomic E-state index is 12.0. The standard InChI is InChI=1S/C12H14F2N2O/c1-16(8-11(13)14)12(17)7-4-9-2-5-10(15)6-3-9/h2-7,11H,8,15H2,1H3/b7-4+. The molecule has 3 nitrogen and oxygen atoms in total. The van der Waals surface area contributed by atoms with Gasteiger partial charge in [0.1, 0.15) is 0 Å². The Hall–Kier alpha value is -1.91. The molecular formula is C12H14F2N2O. The molecule has 0 heterocycles. The second-order valence-electron chi connectivity index (χ2n) is 3.61. The normalized spacial score (nSPS) is 11.1. The molecule has 0 spiro atoms. The molecule has 0 aliphatic heterocycles. The molecule has 1 rings (SSSR count). The average molecular weight is 240 g/mol. The molecule has 2 N–H and O–H groups in total. The molecule has 0 radical (unpaired) electrons. The summed E-state index contributed by atoms with van der Waals surface area (Å²) in [6.07, 6.45) is 0.298. The lowest BCUT2D eigenvalue weighted by atomic mass is 10.2. The summed E-state index contributed by atoms with van der Waals surface area (Å²) in [5, 5.41) is 0. The number of halogens is 2. The van der Waals surface area contributed by atoms with E-state index >= 15 is 0 Å². The van der Waals surface area contributed by atoms with Gasteiger partial charge in [0.25, 0.3) is 6.43 Å². The third-order valence-electron chi connectivity index (χ3n) is 2.14. The lowest BCUT2D eigenvalue weighted by Gasteiger charge is -2.13. The van der Waals surface area contributed by atoms with E-state index in [-0.39, 0.29) is 0 Å². The van der Waals surface area contributed by atoms with E-state index in [1.807, 2.05) is 0 Å². The summed E-state index contributed by atoms with van der Waals surface area (Å²) >= 11 is 0.